The predicted octanol–water partition coefficient (Wildman–Crippen LogP) is 4.05. The van der Waals surface area contributed by atoms with Crippen molar-refractivity contribution >= 4 is 34.9 Å². The van der Waals surface area contributed by atoms with E-state index in [-0.39, 0.29) is 5.82 Å². The van der Waals surface area contributed by atoms with E-state index in [1.807, 2.05) is 12.3 Å². The number of benzene rings is 1. The predicted molar refractivity (Wildman–Crippen MR) is 84.2 cm³/mol. The molecule has 0 spiro atoms. The topological polar surface area (TPSA) is 37.8 Å². The molecule has 20 heavy (non-hydrogen) atoms. The van der Waals surface area contributed by atoms with E-state index in [1.54, 1.807) is 40.9 Å². The average molecular weight is 329 g/mol. The Kier molecular flexibility index (Phi) is 6.28. The standard InChI is InChI=1S/C13H16FN3S3/c1-3-6-15-8-9-7-10(14)4-5-11(9)19-13-17-16-12(18-2)20-13/h4-5,7,15H,3,6,8H2,1-2H3. The Bertz CT molecular complexity index is 560. The summed E-state index contributed by atoms with van der Waals surface area (Å²) in [6.45, 7) is 3.71. The molecular weight excluding hydrogens is 313 g/mol. The molecule has 1 N–H and O–H groups in total. The molecule has 0 fully saturated rings. The molecule has 0 aliphatic carbocycles. The Morgan fingerprint density at radius 2 is 2.10 bits per heavy atom. The van der Waals surface area contributed by atoms with Gasteiger partial charge in [0.2, 0.25) is 0 Å². The molecule has 0 aliphatic rings. The van der Waals surface area contributed by atoms with Crippen LogP contribution in [-0.2, 0) is 6.54 Å². The lowest BCUT2D eigenvalue weighted by Crippen LogP contribution is -2.14. The van der Waals surface area contributed by atoms with Crippen LogP contribution in [0.2, 0.25) is 0 Å². The summed E-state index contributed by atoms with van der Waals surface area (Å²) in [5.74, 6) is -0.204. The van der Waals surface area contributed by atoms with Crippen LogP contribution in [-0.4, -0.2) is 23.0 Å². The Morgan fingerprint density at radius 1 is 1.30 bits per heavy atom. The van der Waals surface area contributed by atoms with E-state index in [9.17, 15) is 4.39 Å². The number of nitrogens with zero attached hydrogens (tertiary/aromatic N) is 2. The van der Waals surface area contributed by atoms with Crippen LogP contribution >= 0.6 is 34.9 Å². The Labute approximate surface area is 130 Å². The van der Waals surface area contributed by atoms with Gasteiger partial charge in [0, 0.05) is 11.4 Å². The van der Waals surface area contributed by atoms with Crippen molar-refractivity contribution in [3.05, 3.63) is 29.6 Å². The minimum atomic E-state index is -0.204. The molecule has 3 nitrogen and oxygen atoms in total. The lowest BCUT2D eigenvalue weighted by molar-refractivity contribution is 0.615. The fourth-order valence-corrected chi connectivity index (χ4v) is 4.10. The zero-order chi connectivity index (χ0) is 14.4. The maximum absolute atomic E-state index is 13.4. The first-order valence-electron chi connectivity index (χ1n) is 6.27. The van der Waals surface area contributed by atoms with Crippen LogP contribution in [0.4, 0.5) is 4.39 Å². The smallest absolute Gasteiger partial charge is 0.179 e. The van der Waals surface area contributed by atoms with Gasteiger partial charge in [-0.3, -0.25) is 0 Å². The molecule has 1 aromatic heterocycles. The third kappa shape index (κ3) is 4.44. The number of thioether (sulfide) groups is 1. The van der Waals surface area contributed by atoms with Crippen LogP contribution in [0.5, 0.6) is 0 Å². The van der Waals surface area contributed by atoms with E-state index < -0.39 is 0 Å². The molecule has 108 valence electrons. The quantitative estimate of drug-likeness (QED) is 0.613. The summed E-state index contributed by atoms with van der Waals surface area (Å²) >= 11 is 4.68. The number of hydrogen-bond acceptors (Lipinski definition) is 6. The van der Waals surface area contributed by atoms with Gasteiger partial charge in [-0.25, -0.2) is 4.39 Å². The van der Waals surface area contributed by atoms with Crippen LogP contribution in [0, 0.1) is 5.82 Å². The van der Waals surface area contributed by atoms with Gasteiger partial charge in [-0.05, 0) is 43.0 Å². The van der Waals surface area contributed by atoms with Gasteiger partial charge in [-0.15, -0.1) is 10.2 Å². The molecule has 1 aromatic carbocycles. The van der Waals surface area contributed by atoms with Crippen molar-refractivity contribution < 1.29 is 4.39 Å². The largest absolute Gasteiger partial charge is 0.313 e. The number of halogens is 1. The summed E-state index contributed by atoms with van der Waals surface area (Å²) in [4.78, 5) is 1.03. The molecule has 1 heterocycles. The Balaban J connectivity index is 2.12. The van der Waals surface area contributed by atoms with Gasteiger partial charge in [-0.1, -0.05) is 41.8 Å². The van der Waals surface area contributed by atoms with E-state index in [2.05, 4.69) is 22.4 Å². The van der Waals surface area contributed by atoms with Crippen molar-refractivity contribution in [1.82, 2.24) is 15.5 Å². The second-order valence-corrected chi connectivity index (χ2v) is 7.39. The normalized spacial score (nSPS) is 10.9. The summed E-state index contributed by atoms with van der Waals surface area (Å²) in [5.41, 5.74) is 0.962. The minimum Gasteiger partial charge on any atom is -0.313 e. The number of nitrogens with one attached hydrogen (secondary N) is 1. The minimum absolute atomic E-state index is 0.204. The van der Waals surface area contributed by atoms with Gasteiger partial charge in [0.05, 0.1) is 0 Å². The van der Waals surface area contributed by atoms with Crippen molar-refractivity contribution in [1.29, 1.82) is 0 Å². The Hall–Kier alpha value is -0.630. The molecule has 0 radical (unpaired) electrons. The molecule has 0 saturated carbocycles. The van der Waals surface area contributed by atoms with Crippen molar-refractivity contribution in [2.75, 3.05) is 12.8 Å². The van der Waals surface area contributed by atoms with Crippen LogP contribution in [0.15, 0.2) is 31.8 Å². The number of hydrogen-bond donors (Lipinski definition) is 1. The Morgan fingerprint density at radius 3 is 2.80 bits per heavy atom. The third-order valence-corrected chi connectivity index (χ3v) is 5.59. The van der Waals surface area contributed by atoms with Crippen LogP contribution in [0.3, 0.4) is 0 Å². The van der Waals surface area contributed by atoms with Crippen molar-refractivity contribution in [2.24, 2.45) is 0 Å². The van der Waals surface area contributed by atoms with Gasteiger partial charge >= 0.3 is 0 Å². The van der Waals surface area contributed by atoms with Crippen LogP contribution in [0.25, 0.3) is 0 Å². The second kappa shape index (κ2) is 7.97. The molecular formula is C13H16FN3S3. The van der Waals surface area contributed by atoms with Gasteiger partial charge in [0.1, 0.15) is 5.82 Å². The van der Waals surface area contributed by atoms with Gasteiger partial charge in [-0.2, -0.15) is 0 Å². The highest BCUT2D eigenvalue weighted by Gasteiger charge is 2.10. The maximum atomic E-state index is 13.4. The first kappa shape index (κ1) is 15.8. The molecule has 0 saturated heterocycles. The van der Waals surface area contributed by atoms with Gasteiger partial charge < -0.3 is 5.32 Å². The van der Waals surface area contributed by atoms with Crippen LogP contribution < -0.4 is 5.32 Å². The second-order valence-electron chi connectivity index (χ2n) is 4.07. The third-order valence-electron chi connectivity index (χ3n) is 2.52. The highest BCUT2D eigenvalue weighted by molar-refractivity contribution is 8.03. The first-order chi connectivity index (χ1) is 9.72. The maximum Gasteiger partial charge on any atom is 0.179 e. The van der Waals surface area contributed by atoms with Crippen molar-refractivity contribution in [3.8, 4) is 0 Å². The number of rotatable bonds is 7. The zero-order valence-corrected chi connectivity index (χ0v) is 13.8. The zero-order valence-electron chi connectivity index (χ0n) is 11.4. The molecule has 0 unspecified atom stereocenters. The summed E-state index contributed by atoms with van der Waals surface area (Å²) < 4.78 is 15.2. The monoisotopic (exact) mass is 329 g/mol. The molecule has 0 atom stereocenters. The lowest BCUT2D eigenvalue weighted by Gasteiger charge is -2.08. The molecule has 0 aliphatic heterocycles. The fourth-order valence-electron chi connectivity index (χ4n) is 1.60. The first-order valence-corrected chi connectivity index (χ1v) is 9.13. The summed E-state index contributed by atoms with van der Waals surface area (Å²) in [7, 11) is 0. The van der Waals surface area contributed by atoms with E-state index >= 15 is 0 Å². The SMILES string of the molecule is CCCNCc1cc(F)ccc1Sc1nnc(SC)s1. The molecule has 2 rings (SSSR count). The molecule has 2 aromatic rings. The average Bonchev–Trinajstić information content (AvgIpc) is 2.90. The lowest BCUT2D eigenvalue weighted by atomic mass is 10.2. The summed E-state index contributed by atoms with van der Waals surface area (Å²) in [6.07, 6.45) is 3.04. The highest BCUT2D eigenvalue weighted by Crippen LogP contribution is 2.34. The van der Waals surface area contributed by atoms with Gasteiger partial charge in [0.15, 0.2) is 8.68 Å². The highest BCUT2D eigenvalue weighted by atomic mass is 32.2. The molecule has 7 heteroatoms. The summed E-state index contributed by atoms with van der Waals surface area (Å²) in [5, 5.41) is 11.5. The van der Waals surface area contributed by atoms with E-state index in [0.29, 0.717) is 6.54 Å². The van der Waals surface area contributed by atoms with E-state index in [4.69, 9.17) is 0 Å². The molecule has 0 amide bonds. The van der Waals surface area contributed by atoms with E-state index in [1.165, 1.54) is 6.07 Å². The molecule has 0 bridgehead atoms. The van der Waals surface area contributed by atoms with Crippen molar-refractivity contribution in [3.63, 3.8) is 0 Å². The van der Waals surface area contributed by atoms with Crippen LogP contribution in [0.1, 0.15) is 18.9 Å². The fraction of sp³-hybridized carbons (Fsp3) is 0.385. The van der Waals surface area contributed by atoms with E-state index in [0.717, 1.165) is 32.1 Å². The van der Waals surface area contributed by atoms with Crippen molar-refractivity contribution in [2.45, 2.75) is 33.5 Å². The summed E-state index contributed by atoms with van der Waals surface area (Å²) in [6, 6.07) is 4.88. The van der Waals surface area contributed by atoms with Gasteiger partial charge in [0.25, 0.3) is 0 Å². The number of aromatic nitrogens is 2.